The fourth-order valence-electron chi connectivity index (χ4n) is 3.20. The van der Waals surface area contributed by atoms with E-state index in [9.17, 15) is 9.59 Å². The predicted octanol–water partition coefficient (Wildman–Crippen LogP) is 4.98. The van der Waals surface area contributed by atoms with E-state index in [1.54, 1.807) is 22.0 Å². The summed E-state index contributed by atoms with van der Waals surface area (Å²) < 4.78 is 1.66. The zero-order valence-electron chi connectivity index (χ0n) is 14.1. The van der Waals surface area contributed by atoms with Gasteiger partial charge in [0.1, 0.15) is 10.6 Å². The van der Waals surface area contributed by atoms with Crippen molar-refractivity contribution in [3.8, 4) is 10.4 Å². The molecule has 0 aromatic carbocycles. The van der Waals surface area contributed by atoms with Crippen LogP contribution in [0, 0.1) is 0 Å². The summed E-state index contributed by atoms with van der Waals surface area (Å²) in [6, 6.07) is 4.00. The number of carbonyl (C=O) groups excluding carboxylic acids is 1. The predicted molar refractivity (Wildman–Crippen MR) is 111 cm³/mol. The van der Waals surface area contributed by atoms with Crippen LogP contribution in [0.25, 0.3) is 20.7 Å². The lowest BCUT2D eigenvalue weighted by atomic mass is 9.99. The molecule has 0 amide bonds. The minimum atomic E-state index is -0.0964. The first kappa shape index (κ1) is 17.7. The smallest absolute Gasteiger partial charge is 0.263 e. The molecule has 0 aliphatic heterocycles. The molecule has 134 valence electrons. The van der Waals surface area contributed by atoms with Crippen LogP contribution in [0.5, 0.6) is 0 Å². The van der Waals surface area contributed by atoms with E-state index >= 15 is 0 Å². The first-order valence-electron chi connectivity index (χ1n) is 8.55. The summed E-state index contributed by atoms with van der Waals surface area (Å²) in [5.74, 6) is 0.270. The Labute approximate surface area is 163 Å². The van der Waals surface area contributed by atoms with Gasteiger partial charge in [-0.1, -0.05) is 30.3 Å². The molecule has 0 bridgehead atoms. The number of carbonyl (C=O) groups is 1. The molecule has 1 aliphatic carbocycles. The van der Waals surface area contributed by atoms with E-state index in [0.717, 1.165) is 34.5 Å². The number of thioether (sulfide) groups is 1. The Balaban J connectivity index is 1.83. The summed E-state index contributed by atoms with van der Waals surface area (Å²) in [5.41, 5.74) is 0.894. The molecule has 7 heteroatoms. The molecule has 0 radical (unpaired) electrons. The van der Waals surface area contributed by atoms with Crippen molar-refractivity contribution in [1.82, 2.24) is 9.55 Å². The number of nitrogens with zero attached hydrogens (tertiary/aromatic N) is 2. The van der Waals surface area contributed by atoms with E-state index in [4.69, 9.17) is 4.98 Å². The highest BCUT2D eigenvalue weighted by Crippen LogP contribution is 2.36. The number of thiophene rings is 2. The van der Waals surface area contributed by atoms with Crippen molar-refractivity contribution in [3.05, 3.63) is 45.9 Å². The van der Waals surface area contributed by atoms with Crippen LogP contribution in [0.3, 0.4) is 0 Å². The van der Waals surface area contributed by atoms with Gasteiger partial charge in [-0.05, 0) is 24.3 Å². The molecule has 26 heavy (non-hydrogen) atoms. The average molecular weight is 403 g/mol. The van der Waals surface area contributed by atoms with Crippen molar-refractivity contribution in [2.24, 2.45) is 0 Å². The number of ketones is 1. The van der Waals surface area contributed by atoms with E-state index in [0.29, 0.717) is 23.5 Å². The van der Waals surface area contributed by atoms with Crippen molar-refractivity contribution in [1.29, 1.82) is 0 Å². The van der Waals surface area contributed by atoms with Gasteiger partial charge in [0.15, 0.2) is 5.16 Å². The Morgan fingerprint density at radius 3 is 2.96 bits per heavy atom. The second kappa shape index (κ2) is 7.50. The van der Waals surface area contributed by atoms with Crippen LogP contribution in [0.4, 0.5) is 0 Å². The van der Waals surface area contributed by atoms with Crippen LogP contribution < -0.4 is 5.56 Å². The third-order valence-electron chi connectivity index (χ3n) is 4.50. The first-order valence-corrected chi connectivity index (χ1v) is 11.2. The second-order valence-corrected chi connectivity index (χ2v) is 9.20. The lowest BCUT2D eigenvalue weighted by Crippen LogP contribution is -2.26. The topological polar surface area (TPSA) is 52.0 Å². The first-order chi connectivity index (χ1) is 12.7. The monoisotopic (exact) mass is 402 g/mol. The highest BCUT2D eigenvalue weighted by Gasteiger charge is 2.26. The molecule has 4 nitrogen and oxygen atoms in total. The molecule has 1 aliphatic rings. The molecule has 1 fully saturated rings. The van der Waals surface area contributed by atoms with Gasteiger partial charge >= 0.3 is 0 Å². The van der Waals surface area contributed by atoms with E-state index in [2.05, 4.69) is 6.58 Å². The van der Waals surface area contributed by atoms with Gasteiger partial charge in [0.05, 0.1) is 10.6 Å². The maximum Gasteiger partial charge on any atom is 0.263 e. The van der Waals surface area contributed by atoms with Gasteiger partial charge in [0.25, 0.3) is 5.56 Å². The Bertz CT molecular complexity index is 1020. The number of aromatic nitrogens is 2. The van der Waals surface area contributed by atoms with Crippen molar-refractivity contribution < 1.29 is 4.79 Å². The van der Waals surface area contributed by atoms with Crippen molar-refractivity contribution in [2.45, 2.75) is 42.6 Å². The quantitative estimate of drug-likeness (QED) is 0.446. The second-order valence-electron chi connectivity index (χ2n) is 6.22. The fourth-order valence-corrected chi connectivity index (χ4v) is 6.23. The number of hydrogen-bond acceptors (Lipinski definition) is 6. The third kappa shape index (κ3) is 3.19. The Kier molecular flexibility index (Phi) is 5.11. The van der Waals surface area contributed by atoms with Crippen LogP contribution >= 0.6 is 34.4 Å². The number of fused-ring (bicyclic) bond motifs is 1. The van der Waals surface area contributed by atoms with Gasteiger partial charge < -0.3 is 0 Å². The van der Waals surface area contributed by atoms with Gasteiger partial charge in [-0.2, -0.15) is 0 Å². The molecule has 3 aromatic rings. The van der Waals surface area contributed by atoms with Gasteiger partial charge in [0.2, 0.25) is 0 Å². The molecular weight excluding hydrogens is 384 g/mol. The molecule has 1 atom stereocenters. The molecule has 1 saturated carbocycles. The molecule has 0 saturated heterocycles. The molecule has 0 spiro atoms. The van der Waals surface area contributed by atoms with Crippen molar-refractivity contribution >= 4 is 50.4 Å². The Morgan fingerprint density at radius 1 is 1.35 bits per heavy atom. The summed E-state index contributed by atoms with van der Waals surface area (Å²) in [6.07, 6.45) is 5.22. The summed E-state index contributed by atoms with van der Waals surface area (Å²) in [5, 5.41) is 5.21. The molecule has 3 aromatic heterocycles. The maximum absolute atomic E-state index is 13.2. The highest BCUT2D eigenvalue weighted by molar-refractivity contribution is 8.00. The van der Waals surface area contributed by atoms with E-state index in [-0.39, 0.29) is 16.6 Å². The summed E-state index contributed by atoms with van der Waals surface area (Å²) in [4.78, 5) is 32.0. The Hall–Kier alpha value is -1.70. The largest absolute Gasteiger partial charge is 0.298 e. The molecule has 4 rings (SSSR count). The van der Waals surface area contributed by atoms with E-state index in [1.807, 2.05) is 22.9 Å². The lowest BCUT2D eigenvalue weighted by molar-refractivity contribution is -0.119. The third-order valence-corrected chi connectivity index (χ3v) is 7.58. The molecular formula is C19H18N2O2S3. The van der Waals surface area contributed by atoms with Crippen molar-refractivity contribution in [2.75, 3.05) is 0 Å². The van der Waals surface area contributed by atoms with Crippen molar-refractivity contribution in [3.63, 3.8) is 0 Å². The lowest BCUT2D eigenvalue weighted by Gasteiger charge is -2.20. The van der Waals surface area contributed by atoms with Gasteiger partial charge in [-0.15, -0.1) is 29.3 Å². The van der Waals surface area contributed by atoms with Crippen LogP contribution in [-0.4, -0.2) is 20.6 Å². The van der Waals surface area contributed by atoms with Gasteiger partial charge in [-0.25, -0.2) is 4.98 Å². The standard InChI is InChI=1S/C19H18N2O2S3/c1-2-9-21-18(23)16-12(14-8-5-10-24-14)11-25-17(16)20-19(21)26-15-7-4-3-6-13(15)22/h2,5,8,10-11,15H,1,3-4,6-7,9H2/t15-/m0/s1. The average Bonchev–Trinajstić information content (AvgIpc) is 3.29. The number of allylic oxidation sites excluding steroid dienone is 1. The number of Topliss-reactive ketones (excluding diaryl/α,β-unsaturated/α-hetero) is 1. The van der Waals surface area contributed by atoms with Crippen LogP contribution in [-0.2, 0) is 11.3 Å². The zero-order valence-corrected chi connectivity index (χ0v) is 16.6. The zero-order chi connectivity index (χ0) is 18.1. The van der Waals surface area contributed by atoms with E-state index in [1.165, 1.54) is 23.1 Å². The normalized spacial score (nSPS) is 17.7. The number of rotatable bonds is 5. The van der Waals surface area contributed by atoms with Crippen LogP contribution in [0.1, 0.15) is 25.7 Å². The fraction of sp³-hybridized carbons (Fsp3) is 0.316. The highest BCUT2D eigenvalue weighted by atomic mass is 32.2. The molecule has 3 heterocycles. The van der Waals surface area contributed by atoms with Gasteiger partial charge in [-0.3, -0.25) is 14.2 Å². The molecule has 0 unspecified atom stereocenters. The van der Waals surface area contributed by atoms with Crippen LogP contribution in [0.15, 0.2) is 45.5 Å². The Morgan fingerprint density at radius 2 is 2.23 bits per heavy atom. The van der Waals surface area contributed by atoms with E-state index < -0.39 is 0 Å². The maximum atomic E-state index is 13.2. The number of hydrogen-bond donors (Lipinski definition) is 0. The summed E-state index contributed by atoms with van der Waals surface area (Å²) >= 11 is 4.54. The molecule has 0 N–H and O–H groups in total. The van der Waals surface area contributed by atoms with Crippen LogP contribution in [0.2, 0.25) is 0 Å². The minimum Gasteiger partial charge on any atom is -0.298 e. The SMILES string of the molecule is C=CCn1c(S[C@H]2CCCCC2=O)nc2scc(-c3cccs3)c2c1=O. The summed E-state index contributed by atoms with van der Waals surface area (Å²) in [7, 11) is 0. The summed E-state index contributed by atoms with van der Waals surface area (Å²) in [6.45, 7) is 4.17. The minimum absolute atomic E-state index is 0.0506. The van der Waals surface area contributed by atoms with Gasteiger partial charge in [0, 0.05) is 28.8 Å².